The lowest BCUT2D eigenvalue weighted by Crippen LogP contribution is -2.55. The Morgan fingerprint density at radius 3 is 2.14 bits per heavy atom. The minimum atomic E-state index is -1.09. The molecule has 1 N–H and O–H groups in total. The lowest BCUT2D eigenvalue weighted by molar-refractivity contribution is -0.143. The molecule has 5 rings (SSSR count). The highest BCUT2D eigenvalue weighted by atomic mass is 16.2. The van der Waals surface area contributed by atoms with Crippen molar-refractivity contribution in [3.63, 3.8) is 0 Å². The molecule has 182 valence electrons. The molecule has 8 nitrogen and oxygen atoms in total. The number of carbonyl (C=O) groups excluding carboxylic acids is 2. The molecule has 1 aliphatic heterocycles. The van der Waals surface area contributed by atoms with E-state index in [1.165, 1.54) is 6.42 Å². The SMILES string of the molecule is O=C(C1CCCCC1)N1CCN(C(=O)C(c2ccccc2)n2c(=O)[nH]c3ccccc3c2=O)CC1. The number of rotatable bonds is 4. The molecule has 2 aliphatic rings. The summed E-state index contributed by atoms with van der Waals surface area (Å²) in [7, 11) is 0. The molecule has 2 aromatic carbocycles. The van der Waals surface area contributed by atoms with Gasteiger partial charge in [-0.3, -0.25) is 14.4 Å². The Labute approximate surface area is 203 Å². The van der Waals surface area contributed by atoms with Crippen LogP contribution in [0.5, 0.6) is 0 Å². The molecule has 35 heavy (non-hydrogen) atoms. The fraction of sp³-hybridized carbons (Fsp3) is 0.407. The number of H-pyrrole nitrogens is 1. The fourth-order valence-corrected chi connectivity index (χ4v) is 5.38. The van der Waals surface area contributed by atoms with Crippen LogP contribution >= 0.6 is 0 Å². The molecule has 1 atom stereocenters. The topological polar surface area (TPSA) is 95.5 Å². The maximum Gasteiger partial charge on any atom is 0.329 e. The van der Waals surface area contributed by atoms with E-state index < -0.39 is 17.3 Å². The summed E-state index contributed by atoms with van der Waals surface area (Å²) in [6, 6.07) is 14.6. The Balaban J connectivity index is 1.43. The minimum absolute atomic E-state index is 0.0952. The molecular formula is C27H30N4O4. The molecule has 2 amide bonds. The zero-order valence-corrected chi connectivity index (χ0v) is 19.7. The molecule has 1 saturated heterocycles. The largest absolute Gasteiger partial charge is 0.339 e. The van der Waals surface area contributed by atoms with Gasteiger partial charge in [-0.25, -0.2) is 9.36 Å². The Bertz CT molecular complexity index is 1330. The highest BCUT2D eigenvalue weighted by Crippen LogP contribution is 2.26. The van der Waals surface area contributed by atoms with Crippen molar-refractivity contribution in [2.24, 2.45) is 5.92 Å². The number of benzene rings is 2. The Hall–Kier alpha value is -3.68. The number of para-hydroxylation sites is 1. The van der Waals surface area contributed by atoms with Crippen molar-refractivity contribution in [2.75, 3.05) is 26.2 Å². The normalized spacial score (nSPS) is 17.9. The third-order valence-electron chi connectivity index (χ3n) is 7.30. The van der Waals surface area contributed by atoms with Crippen LogP contribution in [0.15, 0.2) is 64.2 Å². The van der Waals surface area contributed by atoms with E-state index in [0.717, 1.165) is 30.3 Å². The van der Waals surface area contributed by atoms with Gasteiger partial charge < -0.3 is 14.8 Å². The maximum absolute atomic E-state index is 13.8. The summed E-state index contributed by atoms with van der Waals surface area (Å²) in [5, 5.41) is 0.351. The van der Waals surface area contributed by atoms with E-state index in [1.807, 2.05) is 11.0 Å². The molecule has 1 unspecified atom stereocenters. The average molecular weight is 475 g/mol. The second-order valence-electron chi connectivity index (χ2n) is 9.45. The summed E-state index contributed by atoms with van der Waals surface area (Å²) in [4.78, 5) is 59.5. The monoisotopic (exact) mass is 474 g/mol. The summed E-state index contributed by atoms with van der Waals surface area (Å²) < 4.78 is 1.03. The van der Waals surface area contributed by atoms with Crippen LogP contribution in [0, 0.1) is 5.92 Å². The lowest BCUT2D eigenvalue weighted by Gasteiger charge is -2.38. The van der Waals surface area contributed by atoms with Crippen molar-refractivity contribution >= 4 is 22.7 Å². The fourth-order valence-electron chi connectivity index (χ4n) is 5.38. The number of amides is 2. The van der Waals surface area contributed by atoms with Gasteiger partial charge in [0.2, 0.25) is 5.91 Å². The van der Waals surface area contributed by atoms with Gasteiger partial charge in [-0.15, -0.1) is 0 Å². The Morgan fingerprint density at radius 1 is 0.800 bits per heavy atom. The molecule has 1 saturated carbocycles. The van der Waals surface area contributed by atoms with Crippen LogP contribution < -0.4 is 11.2 Å². The van der Waals surface area contributed by atoms with Crippen molar-refractivity contribution < 1.29 is 9.59 Å². The van der Waals surface area contributed by atoms with Crippen molar-refractivity contribution in [3.8, 4) is 0 Å². The third-order valence-corrected chi connectivity index (χ3v) is 7.30. The summed E-state index contributed by atoms with van der Waals surface area (Å²) >= 11 is 0. The van der Waals surface area contributed by atoms with Crippen molar-refractivity contribution in [1.29, 1.82) is 0 Å². The number of fused-ring (bicyclic) bond motifs is 1. The van der Waals surface area contributed by atoms with Gasteiger partial charge in [0.25, 0.3) is 11.5 Å². The number of nitrogens with zero attached hydrogens (tertiary/aromatic N) is 3. The first kappa shape index (κ1) is 23.1. The zero-order valence-electron chi connectivity index (χ0n) is 19.7. The van der Waals surface area contributed by atoms with Gasteiger partial charge >= 0.3 is 5.69 Å². The van der Waals surface area contributed by atoms with Crippen LogP contribution in [0.4, 0.5) is 0 Å². The van der Waals surface area contributed by atoms with Gasteiger partial charge in [-0.2, -0.15) is 0 Å². The molecule has 1 aromatic heterocycles. The van der Waals surface area contributed by atoms with Gasteiger partial charge in [-0.1, -0.05) is 61.7 Å². The summed E-state index contributed by atoms with van der Waals surface area (Å²) in [5.41, 5.74) is -0.117. The van der Waals surface area contributed by atoms with Crippen LogP contribution in [0.25, 0.3) is 10.9 Å². The second kappa shape index (κ2) is 9.90. The molecule has 0 bridgehead atoms. The molecule has 2 heterocycles. The number of aromatic nitrogens is 2. The van der Waals surface area contributed by atoms with Crippen molar-refractivity contribution in [3.05, 3.63) is 81.0 Å². The highest BCUT2D eigenvalue weighted by molar-refractivity contribution is 5.85. The number of nitrogens with one attached hydrogen (secondary N) is 1. The van der Waals surface area contributed by atoms with E-state index in [4.69, 9.17) is 0 Å². The number of piperazine rings is 1. The second-order valence-corrected chi connectivity index (χ2v) is 9.45. The average Bonchev–Trinajstić information content (AvgIpc) is 2.91. The van der Waals surface area contributed by atoms with Crippen LogP contribution in [-0.2, 0) is 9.59 Å². The van der Waals surface area contributed by atoms with Crippen LogP contribution in [0.2, 0.25) is 0 Å². The molecule has 0 radical (unpaired) electrons. The lowest BCUT2D eigenvalue weighted by atomic mass is 9.88. The first-order valence-corrected chi connectivity index (χ1v) is 12.4. The van der Waals surface area contributed by atoms with E-state index >= 15 is 0 Å². The van der Waals surface area contributed by atoms with E-state index in [9.17, 15) is 19.2 Å². The van der Waals surface area contributed by atoms with E-state index in [-0.39, 0.29) is 17.7 Å². The van der Waals surface area contributed by atoms with Crippen LogP contribution in [0.3, 0.4) is 0 Å². The van der Waals surface area contributed by atoms with E-state index in [1.54, 1.807) is 53.4 Å². The standard InChI is InChI=1S/C27H30N4O4/c32-24(20-11-5-2-6-12-20)29-15-17-30(18-16-29)26(34)23(19-9-3-1-4-10-19)31-25(33)21-13-7-8-14-22(21)28-27(31)35/h1,3-4,7-10,13-14,20,23H,2,5-6,11-12,15-18H2,(H,28,35). The summed E-state index contributed by atoms with van der Waals surface area (Å²) in [6.45, 7) is 1.68. The molecule has 3 aromatic rings. The molecule has 0 spiro atoms. The predicted molar refractivity (Wildman–Crippen MR) is 133 cm³/mol. The Kier molecular flexibility index (Phi) is 6.53. The van der Waals surface area contributed by atoms with Gasteiger partial charge in [0, 0.05) is 32.1 Å². The maximum atomic E-state index is 13.8. The number of hydrogen-bond acceptors (Lipinski definition) is 4. The molecular weight excluding hydrogens is 444 g/mol. The summed E-state index contributed by atoms with van der Waals surface area (Å²) in [6.07, 6.45) is 5.29. The summed E-state index contributed by atoms with van der Waals surface area (Å²) in [5.74, 6) is -0.0275. The van der Waals surface area contributed by atoms with Crippen molar-refractivity contribution in [1.82, 2.24) is 19.4 Å². The first-order chi connectivity index (χ1) is 17.0. The van der Waals surface area contributed by atoms with E-state index in [2.05, 4.69) is 4.98 Å². The van der Waals surface area contributed by atoms with Gasteiger partial charge in [0.05, 0.1) is 10.9 Å². The minimum Gasteiger partial charge on any atom is -0.339 e. The molecule has 1 aliphatic carbocycles. The van der Waals surface area contributed by atoms with Crippen LogP contribution in [-0.4, -0.2) is 57.3 Å². The van der Waals surface area contributed by atoms with Gasteiger partial charge in [0.15, 0.2) is 0 Å². The van der Waals surface area contributed by atoms with Crippen molar-refractivity contribution in [2.45, 2.75) is 38.1 Å². The zero-order chi connectivity index (χ0) is 24.4. The first-order valence-electron chi connectivity index (χ1n) is 12.4. The number of hydrogen-bond donors (Lipinski definition) is 1. The molecule has 2 fully saturated rings. The Morgan fingerprint density at radius 2 is 1.43 bits per heavy atom. The third kappa shape index (κ3) is 4.52. The van der Waals surface area contributed by atoms with Gasteiger partial charge in [0.1, 0.15) is 6.04 Å². The van der Waals surface area contributed by atoms with E-state index in [0.29, 0.717) is 42.6 Å². The van der Waals surface area contributed by atoms with Crippen LogP contribution in [0.1, 0.15) is 43.7 Å². The van der Waals surface area contributed by atoms with Gasteiger partial charge in [-0.05, 0) is 30.5 Å². The quantitative estimate of drug-likeness (QED) is 0.629. The number of carbonyl (C=O) groups is 2. The highest BCUT2D eigenvalue weighted by Gasteiger charge is 2.34. The molecule has 8 heteroatoms. The smallest absolute Gasteiger partial charge is 0.329 e. The number of aromatic amines is 1. The predicted octanol–water partition coefficient (Wildman–Crippen LogP) is 2.53.